The van der Waals surface area contributed by atoms with Gasteiger partial charge < -0.3 is 5.11 Å². The van der Waals surface area contributed by atoms with Crippen molar-refractivity contribution in [2.24, 2.45) is 0 Å². The average molecular weight is 390 g/mol. The van der Waals surface area contributed by atoms with Crippen molar-refractivity contribution in [1.29, 1.82) is 0 Å². The van der Waals surface area contributed by atoms with Gasteiger partial charge in [0.1, 0.15) is 0 Å². The predicted molar refractivity (Wildman–Crippen MR) is 76.3 cm³/mol. The molecule has 1 N–H and O–H groups in total. The summed E-state index contributed by atoms with van der Waals surface area (Å²) in [5.74, 6) is -1.63. The molecule has 8 heteroatoms. The van der Waals surface area contributed by atoms with Crippen LogP contribution in [0.15, 0.2) is 17.2 Å². The molecule has 0 spiro atoms. The number of imide groups is 1. The van der Waals surface area contributed by atoms with E-state index in [0.29, 0.717) is 24.0 Å². The summed E-state index contributed by atoms with van der Waals surface area (Å²) in [4.78, 5) is 36.1. The Morgan fingerprint density at radius 1 is 1.22 bits per heavy atom. The maximum Gasteiger partial charge on any atom is 0.260 e. The van der Waals surface area contributed by atoms with Crippen LogP contribution in [0.4, 0.5) is 11.4 Å². The number of aromatic hydroxyl groups is 1. The zero-order chi connectivity index (χ0) is 16.0. The third kappa shape index (κ3) is 2.72. The van der Waals surface area contributed by atoms with E-state index in [1.165, 1.54) is 13.0 Å². The van der Waals surface area contributed by atoms with Gasteiger partial charge in [-0.15, -0.1) is 5.56 Å². The Morgan fingerprint density at radius 3 is 2.22 bits per heavy atom. The molecule has 1 aliphatic heterocycles. The van der Waals surface area contributed by atoms with Gasteiger partial charge in [-0.1, -0.05) is 6.92 Å². The van der Waals surface area contributed by atoms with E-state index in [4.69, 9.17) is 0 Å². The second kappa shape index (κ2) is 6.49. The summed E-state index contributed by atoms with van der Waals surface area (Å²) in [6.07, 6.45) is 2.64. The van der Waals surface area contributed by atoms with Crippen LogP contribution >= 0.6 is 0 Å². The third-order valence-corrected chi connectivity index (χ3v) is 4.04. The summed E-state index contributed by atoms with van der Waals surface area (Å²) in [5, 5.41) is 21.2. The third-order valence-electron chi connectivity index (χ3n) is 4.04. The molecule has 1 aliphatic carbocycles. The van der Waals surface area contributed by atoms with Gasteiger partial charge in [-0.05, 0) is 25.7 Å². The normalized spacial score (nSPS) is 17.2. The first-order valence-electron chi connectivity index (χ1n) is 6.93. The number of nitrogens with zero attached hydrogens (tertiary/aromatic N) is 2. The van der Waals surface area contributed by atoms with Crippen molar-refractivity contribution in [2.45, 2.75) is 32.6 Å². The fourth-order valence-corrected chi connectivity index (χ4v) is 2.90. The van der Waals surface area contributed by atoms with Gasteiger partial charge in [0.25, 0.3) is 11.8 Å². The molecule has 0 saturated heterocycles. The van der Waals surface area contributed by atoms with Crippen LogP contribution in [0.25, 0.3) is 0 Å². The van der Waals surface area contributed by atoms with Crippen molar-refractivity contribution in [3.8, 4) is 5.75 Å². The number of amides is 2. The fraction of sp³-hybridized carbons (Fsp3) is 0.333. The molecule has 117 valence electrons. The molecule has 1 radical (unpaired) electrons. The fourth-order valence-electron chi connectivity index (χ4n) is 2.90. The molecular formula is C15H13N2O5Y-. The van der Waals surface area contributed by atoms with E-state index in [-0.39, 0.29) is 44.0 Å². The Labute approximate surface area is 157 Å². The summed E-state index contributed by atoms with van der Waals surface area (Å²) in [6.45, 7) is 1.49. The van der Waals surface area contributed by atoms with Crippen molar-refractivity contribution in [3.63, 3.8) is 0 Å². The van der Waals surface area contributed by atoms with E-state index in [0.717, 1.165) is 17.7 Å². The van der Waals surface area contributed by atoms with Crippen LogP contribution in [0.1, 0.15) is 31.2 Å². The number of anilines is 1. The van der Waals surface area contributed by atoms with E-state index >= 15 is 0 Å². The van der Waals surface area contributed by atoms with E-state index < -0.39 is 28.2 Å². The van der Waals surface area contributed by atoms with E-state index in [2.05, 4.69) is 6.07 Å². The van der Waals surface area contributed by atoms with Crippen molar-refractivity contribution in [2.75, 3.05) is 4.90 Å². The molecule has 0 saturated carbocycles. The van der Waals surface area contributed by atoms with Gasteiger partial charge in [-0.25, -0.2) is 0 Å². The Hall–Kier alpha value is -1.60. The number of phenolic OH excluding ortho intramolecular Hbond substituents is 1. The number of carbonyl (C=O) groups excluding carboxylic acids is 2. The van der Waals surface area contributed by atoms with Gasteiger partial charge in [0.05, 0.1) is 5.75 Å². The molecule has 0 fully saturated rings. The molecule has 1 heterocycles. The Bertz CT molecular complexity index is 728. The molecule has 0 aromatic heterocycles. The summed E-state index contributed by atoms with van der Waals surface area (Å²) in [6, 6.07) is 3.92. The molecule has 23 heavy (non-hydrogen) atoms. The van der Waals surface area contributed by atoms with Crippen molar-refractivity contribution < 1.29 is 52.3 Å². The summed E-state index contributed by atoms with van der Waals surface area (Å²) in [7, 11) is 0. The number of carbonyl (C=O) groups is 2. The molecule has 0 atom stereocenters. The van der Waals surface area contributed by atoms with Crippen molar-refractivity contribution >= 4 is 23.2 Å². The molecule has 2 amide bonds. The number of rotatable bonds is 2. The molecule has 1 aromatic carbocycles. The van der Waals surface area contributed by atoms with E-state index in [9.17, 15) is 24.8 Å². The van der Waals surface area contributed by atoms with Gasteiger partial charge in [0, 0.05) is 54.5 Å². The molecule has 3 rings (SSSR count). The maximum absolute atomic E-state index is 12.4. The number of nitro benzene ring substituents is 1. The van der Waals surface area contributed by atoms with Crippen LogP contribution < -0.4 is 4.90 Å². The molecule has 0 unspecified atom stereocenters. The minimum absolute atomic E-state index is 0. The van der Waals surface area contributed by atoms with Crippen LogP contribution in [0.5, 0.6) is 5.75 Å². The number of nitro groups is 1. The molecule has 0 bridgehead atoms. The second-order valence-electron chi connectivity index (χ2n) is 5.38. The molecule has 7 nitrogen and oxygen atoms in total. The summed E-state index contributed by atoms with van der Waals surface area (Å²) < 4.78 is 0. The molecule has 1 aromatic rings. The van der Waals surface area contributed by atoms with Gasteiger partial charge in [0.15, 0.2) is 0 Å². The predicted octanol–water partition coefficient (Wildman–Crippen LogP) is 2.15. The zero-order valence-electron chi connectivity index (χ0n) is 12.5. The van der Waals surface area contributed by atoms with E-state index in [1.807, 2.05) is 0 Å². The summed E-state index contributed by atoms with van der Waals surface area (Å²) >= 11 is 0. The number of benzene rings is 1. The zero-order valence-corrected chi connectivity index (χ0v) is 15.3. The van der Waals surface area contributed by atoms with E-state index in [1.54, 1.807) is 0 Å². The molecule has 2 aliphatic rings. The number of hydrogen-bond acceptors (Lipinski definition) is 5. The monoisotopic (exact) mass is 390 g/mol. The first-order valence-corrected chi connectivity index (χ1v) is 6.93. The summed E-state index contributed by atoms with van der Waals surface area (Å²) in [5.41, 5.74) is 0.157. The first-order chi connectivity index (χ1) is 10.4. The Kier molecular flexibility index (Phi) is 5.01. The minimum Gasteiger partial charge on any atom is -0.526 e. The van der Waals surface area contributed by atoms with Crippen LogP contribution in [0, 0.1) is 23.1 Å². The van der Waals surface area contributed by atoms with Crippen molar-refractivity contribution in [1.82, 2.24) is 0 Å². The largest absolute Gasteiger partial charge is 0.526 e. The Morgan fingerprint density at radius 2 is 1.74 bits per heavy atom. The van der Waals surface area contributed by atoms with Crippen LogP contribution in [-0.2, 0) is 42.3 Å². The number of aryl methyl sites for hydroxylation is 1. The smallest absolute Gasteiger partial charge is 0.260 e. The molecular weight excluding hydrogens is 377 g/mol. The minimum atomic E-state index is -0.800. The number of phenols is 1. The van der Waals surface area contributed by atoms with Gasteiger partial charge in [0.2, 0.25) is 5.69 Å². The van der Waals surface area contributed by atoms with Gasteiger partial charge in [-0.2, -0.15) is 12.1 Å². The number of hydrogen-bond donors (Lipinski definition) is 1. The first kappa shape index (κ1) is 17.8. The SMILES string of the molecule is Cc1c[c-]c(N2C(=O)C3=C(CCCC3)C2=O)c([N+](=O)[O-])c1O.[Y]. The van der Waals surface area contributed by atoms with Crippen LogP contribution in [0.3, 0.4) is 0 Å². The Balaban J connectivity index is 0.00000192. The van der Waals surface area contributed by atoms with Gasteiger partial charge in [-0.3, -0.25) is 24.6 Å². The maximum atomic E-state index is 12.4. The topological polar surface area (TPSA) is 101 Å². The van der Waals surface area contributed by atoms with Crippen LogP contribution in [-0.4, -0.2) is 21.8 Å². The van der Waals surface area contributed by atoms with Crippen LogP contribution in [0.2, 0.25) is 0 Å². The van der Waals surface area contributed by atoms with Gasteiger partial charge >= 0.3 is 0 Å². The average Bonchev–Trinajstić information content (AvgIpc) is 2.74. The quantitative estimate of drug-likeness (QED) is 0.361. The van der Waals surface area contributed by atoms with Crippen molar-refractivity contribution in [3.05, 3.63) is 39.0 Å². The standard InChI is InChI=1S/C15H13N2O5.Y/c1-8-6-7-11(12(13(8)18)17(21)22)16-14(19)9-4-2-3-5-10(9)15(16)20;/h6,18H,2-5H2,1H3;/q-1;. The second-order valence-corrected chi connectivity index (χ2v) is 5.38.